The molecule has 2 aromatic rings. The third kappa shape index (κ3) is 3.31. The minimum absolute atomic E-state index is 0.394. The number of benzene rings is 1. The van der Waals surface area contributed by atoms with Crippen molar-refractivity contribution in [3.63, 3.8) is 0 Å². The zero-order valence-electron chi connectivity index (χ0n) is 15.3. The van der Waals surface area contributed by atoms with Gasteiger partial charge in [-0.1, -0.05) is 11.2 Å². The molecule has 0 N–H and O–H groups in total. The smallest absolute Gasteiger partial charge is 0.258 e. The van der Waals surface area contributed by atoms with Crippen molar-refractivity contribution in [1.82, 2.24) is 15.0 Å². The number of rotatable bonds is 4. The van der Waals surface area contributed by atoms with Crippen LogP contribution in [-0.4, -0.2) is 41.3 Å². The summed E-state index contributed by atoms with van der Waals surface area (Å²) in [5, 5.41) is 4.26. The van der Waals surface area contributed by atoms with Crippen molar-refractivity contribution in [3.8, 4) is 17.2 Å². The van der Waals surface area contributed by atoms with Gasteiger partial charge in [-0.3, -0.25) is 0 Å². The molecule has 5 heteroatoms. The molecule has 0 saturated carbocycles. The summed E-state index contributed by atoms with van der Waals surface area (Å²) in [4.78, 5) is 7.19. The Morgan fingerprint density at radius 3 is 2.50 bits per heavy atom. The summed E-state index contributed by atoms with van der Waals surface area (Å²) in [7, 11) is 1.68. The molecule has 3 rings (SSSR count). The number of aromatic nitrogens is 2. The number of nitrogens with zero attached hydrogens (tertiary/aromatic N) is 3. The predicted octanol–water partition coefficient (Wildman–Crippen LogP) is 3.95. The first-order valence-corrected chi connectivity index (χ1v) is 8.73. The normalized spacial score (nSPS) is 16.8. The fraction of sp³-hybridized carbons (Fsp3) is 0.579. The summed E-state index contributed by atoms with van der Waals surface area (Å²) in [5.74, 6) is 2.67. The minimum atomic E-state index is 0.394. The van der Waals surface area contributed by atoms with E-state index in [1.807, 2.05) is 13.0 Å². The summed E-state index contributed by atoms with van der Waals surface area (Å²) in [6, 6.07) is 4.69. The first kappa shape index (κ1) is 17.0. The second-order valence-corrected chi connectivity index (χ2v) is 7.00. The van der Waals surface area contributed by atoms with E-state index in [9.17, 15) is 0 Å². The highest BCUT2D eigenvalue weighted by Gasteiger charge is 2.26. The van der Waals surface area contributed by atoms with Gasteiger partial charge in [0.05, 0.1) is 7.11 Å². The van der Waals surface area contributed by atoms with E-state index in [1.165, 1.54) is 0 Å². The van der Waals surface area contributed by atoms with Gasteiger partial charge in [-0.15, -0.1) is 0 Å². The first-order valence-electron chi connectivity index (χ1n) is 8.73. The van der Waals surface area contributed by atoms with Crippen molar-refractivity contribution in [1.29, 1.82) is 0 Å². The predicted molar refractivity (Wildman–Crippen MR) is 94.4 cm³/mol. The van der Waals surface area contributed by atoms with Gasteiger partial charge >= 0.3 is 0 Å². The highest BCUT2D eigenvalue weighted by molar-refractivity contribution is 5.62. The second kappa shape index (κ2) is 6.93. The van der Waals surface area contributed by atoms with Crippen LogP contribution in [0.15, 0.2) is 16.7 Å². The average Bonchev–Trinajstić information content (AvgIpc) is 3.05. The van der Waals surface area contributed by atoms with Crippen LogP contribution in [0.4, 0.5) is 0 Å². The summed E-state index contributed by atoms with van der Waals surface area (Å²) in [6.07, 6.45) is 2.18. The van der Waals surface area contributed by atoms with Gasteiger partial charge in [-0.2, -0.15) is 4.98 Å². The Balaban J connectivity index is 1.79. The van der Waals surface area contributed by atoms with Crippen LogP contribution >= 0.6 is 0 Å². The molecular formula is C19H27N3O2. The molecule has 0 amide bonds. The Morgan fingerprint density at radius 1 is 1.17 bits per heavy atom. The number of methoxy groups -OCH3 is 1. The third-order valence-corrected chi connectivity index (χ3v) is 5.04. The van der Waals surface area contributed by atoms with E-state index in [1.54, 1.807) is 7.11 Å². The van der Waals surface area contributed by atoms with E-state index in [0.717, 1.165) is 54.2 Å². The quantitative estimate of drug-likeness (QED) is 0.850. The maximum absolute atomic E-state index is 5.57. The van der Waals surface area contributed by atoms with Gasteiger partial charge in [0.1, 0.15) is 5.75 Å². The van der Waals surface area contributed by atoms with Gasteiger partial charge < -0.3 is 14.2 Å². The van der Waals surface area contributed by atoms with Crippen LogP contribution in [0.1, 0.15) is 49.6 Å². The number of aryl methyl sites for hydroxylation is 2. The van der Waals surface area contributed by atoms with Gasteiger partial charge in [-0.05, 0) is 70.8 Å². The summed E-state index contributed by atoms with van der Waals surface area (Å²) in [6.45, 7) is 10.8. The molecule has 5 nitrogen and oxygen atoms in total. The number of hydrogen-bond donors (Lipinski definition) is 0. The molecular weight excluding hydrogens is 302 g/mol. The van der Waals surface area contributed by atoms with Crippen molar-refractivity contribution < 1.29 is 9.26 Å². The van der Waals surface area contributed by atoms with Crippen LogP contribution < -0.4 is 4.74 Å². The second-order valence-electron chi connectivity index (χ2n) is 7.00. The molecule has 1 fully saturated rings. The van der Waals surface area contributed by atoms with Crippen LogP contribution in [0.25, 0.3) is 11.5 Å². The molecule has 0 unspecified atom stereocenters. The lowest BCUT2D eigenvalue weighted by atomic mass is 9.95. The van der Waals surface area contributed by atoms with Crippen molar-refractivity contribution in [3.05, 3.63) is 29.1 Å². The molecule has 24 heavy (non-hydrogen) atoms. The Bertz CT molecular complexity index is 701. The lowest BCUT2D eigenvalue weighted by Crippen LogP contribution is -2.38. The summed E-state index contributed by atoms with van der Waals surface area (Å²) < 4.78 is 11.0. The summed E-state index contributed by atoms with van der Waals surface area (Å²) >= 11 is 0. The third-order valence-electron chi connectivity index (χ3n) is 5.04. The Morgan fingerprint density at radius 2 is 1.88 bits per heavy atom. The lowest BCUT2D eigenvalue weighted by Gasteiger charge is -2.33. The molecule has 130 valence electrons. The highest BCUT2D eigenvalue weighted by Crippen LogP contribution is 2.32. The van der Waals surface area contributed by atoms with Gasteiger partial charge in [0.2, 0.25) is 0 Å². The molecule has 0 radical (unpaired) electrons. The van der Waals surface area contributed by atoms with Crippen LogP contribution in [0.2, 0.25) is 0 Å². The van der Waals surface area contributed by atoms with E-state index in [-0.39, 0.29) is 0 Å². The van der Waals surface area contributed by atoms with Crippen LogP contribution in [-0.2, 0) is 0 Å². The fourth-order valence-corrected chi connectivity index (χ4v) is 3.47. The number of hydrogen-bond acceptors (Lipinski definition) is 5. The van der Waals surface area contributed by atoms with E-state index in [0.29, 0.717) is 17.9 Å². The first-order chi connectivity index (χ1) is 11.5. The topological polar surface area (TPSA) is 51.4 Å². The molecule has 1 aliphatic rings. The molecule has 0 spiro atoms. The van der Waals surface area contributed by atoms with Crippen LogP contribution in [0.3, 0.4) is 0 Å². The van der Waals surface area contributed by atoms with E-state index < -0.39 is 0 Å². The largest absolute Gasteiger partial charge is 0.496 e. The van der Waals surface area contributed by atoms with Crippen molar-refractivity contribution in [2.75, 3.05) is 20.2 Å². The number of likely N-dealkylation sites (tertiary alicyclic amines) is 1. The number of piperidine rings is 1. The van der Waals surface area contributed by atoms with E-state index >= 15 is 0 Å². The molecule has 0 bridgehead atoms. The molecule has 1 aliphatic heterocycles. The Hall–Kier alpha value is -1.88. The molecule has 0 aliphatic carbocycles. The van der Waals surface area contributed by atoms with E-state index in [4.69, 9.17) is 9.26 Å². The SMILES string of the molecule is COc1cc(-c2nc(C3CCN(C(C)C)CC3)no2)c(C)cc1C. The fourth-order valence-electron chi connectivity index (χ4n) is 3.47. The zero-order chi connectivity index (χ0) is 17.3. The molecule has 2 heterocycles. The highest BCUT2D eigenvalue weighted by atomic mass is 16.5. The monoisotopic (exact) mass is 329 g/mol. The molecule has 0 atom stereocenters. The van der Waals surface area contributed by atoms with Gasteiger partial charge in [-0.25, -0.2) is 0 Å². The Labute approximate surface area is 144 Å². The molecule has 1 aromatic heterocycles. The van der Waals surface area contributed by atoms with Crippen LogP contribution in [0, 0.1) is 13.8 Å². The van der Waals surface area contributed by atoms with Crippen molar-refractivity contribution in [2.45, 2.75) is 52.5 Å². The van der Waals surface area contributed by atoms with Crippen molar-refractivity contribution >= 4 is 0 Å². The summed E-state index contributed by atoms with van der Waals surface area (Å²) in [5.41, 5.74) is 3.19. The van der Waals surface area contributed by atoms with Gasteiger partial charge in [0.25, 0.3) is 5.89 Å². The molecule has 1 aromatic carbocycles. The number of ether oxygens (including phenoxy) is 1. The Kier molecular flexibility index (Phi) is 4.90. The lowest BCUT2D eigenvalue weighted by molar-refractivity contribution is 0.168. The zero-order valence-corrected chi connectivity index (χ0v) is 15.3. The molecule has 1 saturated heterocycles. The maximum atomic E-state index is 5.57. The minimum Gasteiger partial charge on any atom is -0.496 e. The van der Waals surface area contributed by atoms with Gasteiger partial charge in [0.15, 0.2) is 5.82 Å². The van der Waals surface area contributed by atoms with Gasteiger partial charge in [0, 0.05) is 17.5 Å². The average molecular weight is 329 g/mol. The maximum Gasteiger partial charge on any atom is 0.258 e. The van der Waals surface area contributed by atoms with Crippen molar-refractivity contribution in [2.24, 2.45) is 0 Å². The standard InChI is InChI=1S/C19H27N3O2/c1-12(2)22-8-6-15(7-9-22)18-20-19(24-21-18)16-11-17(23-5)14(4)10-13(16)3/h10-12,15H,6-9H2,1-5H3. The van der Waals surface area contributed by atoms with Crippen LogP contribution in [0.5, 0.6) is 5.75 Å². The van der Waals surface area contributed by atoms with E-state index in [2.05, 4.69) is 41.9 Å².